The molecule has 2 amide bonds. The third-order valence-electron chi connectivity index (χ3n) is 3.70. The van der Waals surface area contributed by atoms with Crippen molar-refractivity contribution in [2.45, 2.75) is 31.7 Å². The number of ether oxygens (including phenoxy) is 1. The molecule has 0 heterocycles. The molecule has 1 aliphatic carbocycles. The number of carbonyl (C=O) groups is 2. The number of hydrogen-bond donors (Lipinski definition) is 3. The molecule has 114 valence electrons. The van der Waals surface area contributed by atoms with Crippen molar-refractivity contribution in [3.8, 4) is 0 Å². The number of rotatable bonds is 3. The molecule has 4 N–H and O–H groups in total. The summed E-state index contributed by atoms with van der Waals surface area (Å²) in [6, 6.07) is 7.20. The monoisotopic (exact) mass is 291 g/mol. The highest BCUT2D eigenvalue weighted by atomic mass is 16.5. The molecule has 0 unspecified atom stereocenters. The lowest BCUT2D eigenvalue weighted by Crippen LogP contribution is -2.32. The minimum atomic E-state index is -0.542. The Morgan fingerprint density at radius 3 is 2.38 bits per heavy atom. The molecule has 0 aliphatic heterocycles. The van der Waals surface area contributed by atoms with E-state index in [-0.39, 0.29) is 17.9 Å². The third kappa shape index (κ3) is 4.46. The summed E-state index contributed by atoms with van der Waals surface area (Å²) in [7, 11) is 1.30. The van der Waals surface area contributed by atoms with E-state index in [9.17, 15) is 9.59 Å². The molecular formula is C15H21N3O3. The summed E-state index contributed by atoms with van der Waals surface area (Å²) in [4.78, 5) is 23.4. The van der Waals surface area contributed by atoms with Gasteiger partial charge in [0.25, 0.3) is 0 Å². The van der Waals surface area contributed by atoms with Crippen LogP contribution in [0.1, 0.15) is 25.7 Å². The Morgan fingerprint density at radius 2 is 1.76 bits per heavy atom. The number of methoxy groups -OCH3 is 1. The quantitative estimate of drug-likeness (QED) is 0.796. The van der Waals surface area contributed by atoms with E-state index in [1.54, 1.807) is 24.3 Å². The van der Waals surface area contributed by atoms with Crippen LogP contribution in [-0.4, -0.2) is 25.2 Å². The molecule has 1 aliphatic rings. The summed E-state index contributed by atoms with van der Waals surface area (Å²) in [5.74, 6) is 0.0270. The maximum atomic E-state index is 12.2. The number of carbonyl (C=O) groups excluding carboxylic acids is 2. The molecular weight excluding hydrogens is 270 g/mol. The summed E-state index contributed by atoms with van der Waals surface area (Å²) < 4.78 is 4.53. The van der Waals surface area contributed by atoms with Crippen LogP contribution in [0.15, 0.2) is 24.3 Å². The lowest BCUT2D eigenvalue weighted by Gasteiger charge is -2.25. The maximum Gasteiger partial charge on any atom is 0.411 e. The Morgan fingerprint density at radius 1 is 1.14 bits per heavy atom. The molecule has 0 atom stereocenters. The molecule has 6 nitrogen and oxygen atoms in total. The van der Waals surface area contributed by atoms with Crippen LogP contribution >= 0.6 is 0 Å². The van der Waals surface area contributed by atoms with Gasteiger partial charge in [0.2, 0.25) is 5.91 Å². The summed E-state index contributed by atoms with van der Waals surface area (Å²) in [6.45, 7) is 0. The number of hydrogen-bond acceptors (Lipinski definition) is 4. The van der Waals surface area contributed by atoms with Crippen molar-refractivity contribution < 1.29 is 14.3 Å². The highest BCUT2D eigenvalue weighted by molar-refractivity contribution is 5.93. The molecule has 0 aromatic heterocycles. The lowest BCUT2D eigenvalue weighted by molar-refractivity contribution is -0.120. The molecule has 0 bridgehead atoms. The average Bonchev–Trinajstić information content (AvgIpc) is 2.48. The van der Waals surface area contributed by atoms with E-state index >= 15 is 0 Å². The highest BCUT2D eigenvalue weighted by Crippen LogP contribution is 2.25. The third-order valence-corrected chi connectivity index (χ3v) is 3.70. The molecule has 1 aromatic carbocycles. The molecule has 2 rings (SSSR count). The number of nitrogens with two attached hydrogens (primary N) is 1. The minimum absolute atomic E-state index is 0.0112. The molecule has 6 heteroatoms. The number of anilines is 2. The van der Waals surface area contributed by atoms with Crippen LogP contribution in [-0.2, 0) is 9.53 Å². The first-order chi connectivity index (χ1) is 10.1. The summed E-state index contributed by atoms with van der Waals surface area (Å²) >= 11 is 0. The van der Waals surface area contributed by atoms with Gasteiger partial charge >= 0.3 is 6.09 Å². The van der Waals surface area contributed by atoms with Gasteiger partial charge in [-0.25, -0.2) is 4.79 Å². The van der Waals surface area contributed by atoms with Crippen molar-refractivity contribution in [1.29, 1.82) is 0 Å². The van der Waals surface area contributed by atoms with Crippen molar-refractivity contribution in [2.24, 2.45) is 11.7 Å². The first kappa shape index (κ1) is 15.3. The number of benzene rings is 1. The van der Waals surface area contributed by atoms with Crippen LogP contribution in [0.2, 0.25) is 0 Å². The van der Waals surface area contributed by atoms with Gasteiger partial charge < -0.3 is 15.8 Å². The standard InChI is InChI=1S/C15H21N3O3/c1-21-15(20)18-13-4-2-3-12(9-13)17-14(19)10-5-7-11(16)8-6-10/h2-4,9-11H,5-8,16H2,1H3,(H,17,19)(H,18,20). The average molecular weight is 291 g/mol. The van der Waals surface area contributed by atoms with Gasteiger partial charge in [0.05, 0.1) is 7.11 Å². The molecule has 1 aromatic rings. The SMILES string of the molecule is COC(=O)Nc1cccc(NC(=O)C2CCC(N)CC2)c1. The molecule has 1 fully saturated rings. The van der Waals surface area contributed by atoms with Crippen LogP contribution in [0.5, 0.6) is 0 Å². The molecule has 0 spiro atoms. The van der Waals surface area contributed by atoms with Crippen LogP contribution in [0.3, 0.4) is 0 Å². The van der Waals surface area contributed by atoms with E-state index < -0.39 is 6.09 Å². The number of nitrogens with one attached hydrogen (secondary N) is 2. The van der Waals surface area contributed by atoms with Crippen LogP contribution in [0, 0.1) is 5.92 Å². The van der Waals surface area contributed by atoms with E-state index in [4.69, 9.17) is 5.73 Å². The van der Waals surface area contributed by atoms with Gasteiger partial charge in [-0.15, -0.1) is 0 Å². The second kappa shape index (κ2) is 7.08. The maximum absolute atomic E-state index is 12.2. The molecule has 0 saturated heterocycles. The van der Waals surface area contributed by atoms with E-state index in [1.807, 2.05) is 0 Å². The van der Waals surface area contributed by atoms with Crippen LogP contribution < -0.4 is 16.4 Å². The van der Waals surface area contributed by atoms with Gasteiger partial charge in [-0.3, -0.25) is 10.1 Å². The molecule has 0 radical (unpaired) electrons. The zero-order valence-electron chi connectivity index (χ0n) is 12.1. The smallest absolute Gasteiger partial charge is 0.411 e. The fourth-order valence-electron chi connectivity index (χ4n) is 2.47. The molecule has 21 heavy (non-hydrogen) atoms. The second-order valence-electron chi connectivity index (χ2n) is 5.30. The van der Waals surface area contributed by atoms with Crippen LogP contribution in [0.25, 0.3) is 0 Å². The summed E-state index contributed by atoms with van der Waals surface area (Å²) in [5.41, 5.74) is 7.08. The van der Waals surface area contributed by atoms with E-state index in [2.05, 4.69) is 15.4 Å². The second-order valence-corrected chi connectivity index (χ2v) is 5.30. The lowest BCUT2D eigenvalue weighted by atomic mass is 9.86. The number of amides is 2. The fourth-order valence-corrected chi connectivity index (χ4v) is 2.47. The first-order valence-corrected chi connectivity index (χ1v) is 7.10. The zero-order valence-corrected chi connectivity index (χ0v) is 12.1. The minimum Gasteiger partial charge on any atom is -0.453 e. The van der Waals surface area contributed by atoms with Gasteiger partial charge in [0.1, 0.15) is 0 Å². The summed E-state index contributed by atoms with van der Waals surface area (Å²) in [6.07, 6.45) is 2.89. The topological polar surface area (TPSA) is 93.5 Å². The predicted molar refractivity (Wildman–Crippen MR) is 81.0 cm³/mol. The van der Waals surface area contributed by atoms with E-state index in [0.717, 1.165) is 25.7 Å². The van der Waals surface area contributed by atoms with Gasteiger partial charge in [-0.05, 0) is 43.9 Å². The van der Waals surface area contributed by atoms with Crippen LogP contribution in [0.4, 0.5) is 16.2 Å². The van der Waals surface area contributed by atoms with Crippen molar-refractivity contribution in [3.05, 3.63) is 24.3 Å². The van der Waals surface area contributed by atoms with E-state index in [1.165, 1.54) is 7.11 Å². The highest BCUT2D eigenvalue weighted by Gasteiger charge is 2.24. The zero-order chi connectivity index (χ0) is 15.2. The van der Waals surface area contributed by atoms with E-state index in [0.29, 0.717) is 11.4 Å². The van der Waals surface area contributed by atoms with Gasteiger partial charge in [0.15, 0.2) is 0 Å². The largest absolute Gasteiger partial charge is 0.453 e. The Balaban J connectivity index is 1.94. The van der Waals surface area contributed by atoms with Gasteiger partial charge in [0, 0.05) is 23.3 Å². The predicted octanol–water partition coefficient (Wildman–Crippen LogP) is 2.32. The normalized spacial score (nSPS) is 21.4. The molecule has 1 saturated carbocycles. The summed E-state index contributed by atoms with van der Waals surface area (Å²) in [5, 5.41) is 5.45. The van der Waals surface area contributed by atoms with Crippen molar-refractivity contribution in [1.82, 2.24) is 0 Å². The Hall–Kier alpha value is -2.08. The van der Waals surface area contributed by atoms with Gasteiger partial charge in [-0.2, -0.15) is 0 Å². The Kier molecular flexibility index (Phi) is 5.16. The van der Waals surface area contributed by atoms with Crippen molar-refractivity contribution in [2.75, 3.05) is 17.7 Å². The van der Waals surface area contributed by atoms with Gasteiger partial charge in [-0.1, -0.05) is 6.07 Å². The fraction of sp³-hybridized carbons (Fsp3) is 0.467. The Labute approximate surface area is 124 Å². The Bertz CT molecular complexity index is 511. The van der Waals surface area contributed by atoms with Crippen molar-refractivity contribution >= 4 is 23.4 Å². The van der Waals surface area contributed by atoms with Crippen molar-refractivity contribution in [3.63, 3.8) is 0 Å². The first-order valence-electron chi connectivity index (χ1n) is 7.10.